The van der Waals surface area contributed by atoms with Gasteiger partial charge in [-0.2, -0.15) is 0 Å². The summed E-state index contributed by atoms with van der Waals surface area (Å²) in [6.45, 7) is 14.2. The standard InChI is InChI=1S/C29H49N3O3/c1-19(2)8-7-9-20(3)25-10-11-26-24(17-31-32-30)27(13-15-29(25,26)6)28(5)14-12-23(34)16-22(28)18-35-21(4)33/h19-20,22,24-27H,7-18H2,1-6H3/t20?,22-,24+,25-,26+,27+,28+,29-/m1/s1. The van der Waals surface area contributed by atoms with E-state index in [-0.39, 0.29) is 28.5 Å². The summed E-state index contributed by atoms with van der Waals surface area (Å²) in [5.41, 5.74) is 9.44. The van der Waals surface area contributed by atoms with Gasteiger partial charge < -0.3 is 4.74 Å². The quantitative estimate of drug-likeness (QED) is 0.136. The van der Waals surface area contributed by atoms with Gasteiger partial charge in [0.2, 0.25) is 0 Å². The molecule has 0 saturated heterocycles. The molecule has 8 atom stereocenters. The van der Waals surface area contributed by atoms with Gasteiger partial charge in [-0.1, -0.05) is 59.0 Å². The van der Waals surface area contributed by atoms with E-state index in [1.165, 1.54) is 45.4 Å². The zero-order chi connectivity index (χ0) is 25.8. The first-order valence-corrected chi connectivity index (χ1v) is 14.2. The monoisotopic (exact) mass is 487 g/mol. The zero-order valence-electron chi connectivity index (χ0n) is 23.1. The normalized spacial score (nSPS) is 38.0. The molecule has 0 aliphatic heterocycles. The van der Waals surface area contributed by atoms with Gasteiger partial charge in [0.15, 0.2) is 0 Å². The van der Waals surface area contributed by atoms with Crippen LogP contribution in [0.15, 0.2) is 5.11 Å². The highest BCUT2D eigenvalue weighted by Crippen LogP contribution is 2.65. The van der Waals surface area contributed by atoms with Crippen LogP contribution in [-0.4, -0.2) is 24.9 Å². The first kappa shape index (κ1) is 28.0. The Morgan fingerprint density at radius 1 is 1.11 bits per heavy atom. The van der Waals surface area contributed by atoms with E-state index >= 15 is 0 Å². The molecule has 0 aromatic rings. The van der Waals surface area contributed by atoms with Crippen molar-refractivity contribution in [3.8, 4) is 0 Å². The maximum absolute atomic E-state index is 12.4. The summed E-state index contributed by atoms with van der Waals surface area (Å²) in [4.78, 5) is 27.2. The Labute approximate surface area is 213 Å². The second kappa shape index (κ2) is 11.7. The van der Waals surface area contributed by atoms with Crippen LogP contribution in [-0.2, 0) is 14.3 Å². The van der Waals surface area contributed by atoms with Crippen molar-refractivity contribution in [3.63, 3.8) is 0 Å². The lowest BCUT2D eigenvalue weighted by Crippen LogP contribution is -2.52. The molecule has 1 unspecified atom stereocenters. The largest absolute Gasteiger partial charge is 0.466 e. The lowest BCUT2D eigenvalue weighted by molar-refractivity contribution is -0.151. The predicted octanol–water partition coefficient (Wildman–Crippen LogP) is 7.76. The minimum atomic E-state index is -0.280. The van der Waals surface area contributed by atoms with Crippen molar-refractivity contribution in [1.82, 2.24) is 0 Å². The molecule has 3 rings (SSSR count). The van der Waals surface area contributed by atoms with E-state index in [2.05, 4.69) is 44.6 Å². The maximum atomic E-state index is 12.4. The number of hydrogen-bond acceptors (Lipinski definition) is 4. The van der Waals surface area contributed by atoms with Gasteiger partial charge in [-0.15, -0.1) is 0 Å². The van der Waals surface area contributed by atoms with E-state index in [1.54, 1.807) is 0 Å². The number of esters is 1. The number of ketones is 1. The van der Waals surface area contributed by atoms with Crippen molar-refractivity contribution >= 4 is 11.8 Å². The Kier molecular flexibility index (Phi) is 9.34. The molecule has 0 spiro atoms. The average molecular weight is 488 g/mol. The third-order valence-electron chi connectivity index (χ3n) is 10.7. The Morgan fingerprint density at radius 3 is 2.49 bits per heavy atom. The van der Waals surface area contributed by atoms with Crippen molar-refractivity contribution in [1.29, 1.82) is 0 Å². The molecule has 0 aromatic carbocycles. The fraction of sp³-hybridized carbons (Fsp3) is 0.931. The number of nitrogens with zero attached hydrogens (tertiary/aromatic N) is 3. The molecule has 3 aliphatic carbocycles. The molecule has 6 heteroatoms. The van der Waals surface area contributed by atoms with Gasteiger partial charge >= 0.3 is 5.97 Å². The summed E-state index contributed by atoms with van der Waals surface area (Å²) in [5, 5.41) is 4.14. The van der Waals surface area contributed by atoms with Crippen molar-refractivity contribution in [3.05, 3.63) is 10.4 Å². The smallest absolute Gasteiger partial charge is 0.302 e. The molecule has 198 valence electrons. The van der Waals surface area contributed by atoms with E-state index in [1.807, 2.05) is 0 Å². The molecule has 3 aliphatic rings. The lowest BCUT2D eigenvalue weighted by atomic mass is 9.48. The number of fused-ring (bicyclic) bond motifs is 1. The first-order chi connectivity index (χ1) is 16.5. The molecule has 0 aromatic heterocycles. The molecule has 0 N–H and O–H groups in total. The second-order valence-electron chi connectivity index (χ2n) is 13.1. The molecule has 0 heterocycles. The highest BCUT2D eigenvalue weighted by Gasteiger charge is 2.58. The average Bonchev–Trinajstić information content (AvgIpc) is 3.15. The first-order valence-electron chi connectivity index (χ1n) is 14.2. The molecule has 6 nitrogen and oxygen atoms in total. The Balaban J connectivity index is 1.84. The number of rotatable bonds is 10. The predicted molar refractivity (Wildman–Crippen MR) is 139 cm³/mol. The van der Waals surface area contributed by atoms with Crippen LogP contribution in [0, 0.1) is 52.3 Å². The van der Waals surface area contributed by atoms with Gasteiger partial charge in [-0.25, -0.2) is 0 Å². The summed E-state index contributed by atoms with van der Waals surface area (Å²) >= 11 is 0. The third-order valence-corrected chi connectivity index (χ3v) is 10.7. The number of ether oxygens (including phenoxy) is 1. The van der Waals surface area contributed by atoms with Crippen molar-refractivity contribution in [2.24, 2.45) is 57.4 Å². The van der Waals surface area contributed by atoms with Gasteiger partial charge in [-0.05, 0) is 84.0 Å². The number of carbonyl (C=O) groups excluding carboxylic acids is 2. The molecule has 3 fully saturated rings. The van der Waals surface area contributed by atoms with Crippen LogP contribution in [0.25, 0.3) is 10.4 Å². The van der Waals surface area contributed by atoms with E-state index in [4.69, 9.17) is 4.74 Å². The van der Waals surface area contributed by atoms with Crippen molar-refractivity contribution in [2.75, 3.05) is 13.2 Å². The van der Waals surface area contributed by atoms with Gasteiger partial charge in [0, 0.05) is 37.1 Å². The van der Waals surface area contributed by atoms with Gasteiger partial charge in [0.1, 0.15) is 5.78 Å². The summed E-state index contributed by atoms with van der Waals surface area (Å²) < 4.78 is 5.47. The number of hydrogen-bond donors (Lipinski definition) is 0. The highest BCUT2D eigenvalue weighted by atomic mass is 16.5. The van der Waals surface area contributed by atoms with Crippen LogP contribution < -0.4 is 0 Å². The fourth-order valence-corrected chi connectivity index (χ4v) is 8.69. The third kappa shape index (κ3) is 6.06. The number of Topliss-reactive ketones (excluding diaryl/α,β-unsaturated/α-hetero) is 1. The van der Waals surface area contributed by atoms with Crippen LogP contribution in [0.4, 0.5) is 0 Å². The van der Waals surface area contributed by atoms with Crippen LogP contribution in [0.1, 0.15) is 106 Å². The van der Waals surface area contributed by atoms with Crippen LogP contribution >= 0.6 is 0 Å². The van der Waals surface area contributed by atoms with Gasteiger partial charge in [0.25, 0.3) is 0 Å². The number of carbonyl (C=O) groups is 2. The zero-order valence-corrected chi connectivity index (χ0v) is 23.1. The van der Waals surface area contributed by atoms with E-state index < -0.39 is 0 Å². The topological polar surface area (TPSA) is 92.1 Å². The summed E-state index contributed by atoms with van der Waals surface area (Å²) in [6.07, 6.45) is 10.7. The Morgan fingerprint density at radius 2 is 1.83 bits per heavy atom. The molecule has 35 heavy (non-hydrogen) atoms. The SMILES string of the molecule is CC(=O)OC[C@H]1CC(=O)CC[C@]1(C)[C@H]1CC[C@]2(C)[C@@H](C(C)CCCC(C)C)CC[C@H]2[C@@H]1CN=[N+]=[N-]. The lowest BCUT2D eigenvalue weighted by Gasteiger charge is -2.57. The molecule has 0 bridgehead atoms. The molecular formula is C29H49N3O3. The molecule has 3 saturated carbocycles. The maximum Gasteiger partial charge on any atom is 0.302 e. The highest BCUT2D eigenvalue weighted by molar-refractivity contribution is 5.79. The summed E-state index contributed by atoms with van der Waals surface area (Å²) in [7, 11) is 0. The van der Waals surface area contributed by atoms with Gasteiger partial charge in [-0.3, -0.25) is 9.59 Å². The minimum absolute atomic E-state index is 0.0442. The Bertz CT molecular complexity index is 807. The second-order valence-corrected chi connectivity index (χ2v) is 13.1. The minimum Gasteiger partial charge on any atom is -0.466 e. The molecule has 0 radical (unpaired) electrons. The van der Waals surface area contributed by atoms with E-state index in [0.29, 0.717) is 43.7 Å². The van der Waals surface area contributed by atoms with Crippen LogP contribution in [0.5, 0.6) is 0 Å². The number of azide groups is 1. The van der Waals surface area contributed by atoms with E-state index in [0.717, 1.165) is 30.6 Å². The van der Waals surface area contributed by atoms with Crippen LogP contribution in [0.3, 0.4) is 0 Å². The van der Waals surface area contributed by atoms with E-state index in [9.17, 15) is 15.1 Å². The van der Waals surface area contributed by atoms with Crippen LogP contribution in [0.2, 0.25) is 0 Å². The summed E-state index contributed by atoms with van der Waals surface area (Å²) in [5.74, 6) is 3.52. The van der Waals surface area contributed by atoms with Crippen molar-refractivity contribution in [2.45, 2.75) is 106 Å². The van der Waals surface area contributed by atoms with Gasteiger partial charge in [0.05, 0.1) is 6.61 Å². The summed E-state index contributed by atoms with van der Waals surface area (Å²) in [6, 6.07) is 0. The van der Waals surface area contributed by atoms with Crippen molar-refractivity contribution < 1.29 is 14.3 Å². The molecule has 0 amide bonds. The fourth-order valence-electron chi connectivity index (χ4n) is 8.69. The molecular weight excluding hydrogens is 438 g/mol. The Hall–Kier alpha value is -1.55.